The van der Waals surface area contributed by atoms with Crippen LogP contribution < -0.4 is 0 Å². The molecule has 2 rings (SSSR count). The predicted octanol–water partition coefficient (Wildman–Crippen LogP) is 3.68. The van der Waals surface area contributed by atoms with Crippen LogP contribution in [0.15, 0.2) is 35.4 Å². The van der Waals surface area contributed by atoms with Gasteiger partial charge in [0, 0.05) is 26.2 Å². The molecular formula is C15H18N2OS. The lowest BCUT2D eigenvalue weighted by Crippen LogP contribution is -2.29. The lowest BCUT2D eigenvalue weighted by atomic mass is 10.1. The quantitative estimate of drug-likeness (QED) is 0.276. The number of rotatable bonds is 2. The molecule has 0 spiro atoms. The summed E-state index contributed by atoms with van der Waals surface area (Å²) in [6, 6.07) is 9.96. The van der Waals surface area contributed by atoms with Gasteiger partial charge in [0.1, 0.15) is 5.03 Å². The molecule has 2 aromatic rings. The zero-order valence-corrected chi connectivity index (χ0v) is 12.5. The van der Waals surface area contributed by atoms with Crippen LogP contribution in [0.1, 0.15) is 26.3 Å². The molecule has 0 atom stereocenters. The summed E-state index contributed by atoms with van der Waals surface area (Å²) in [6.45, 7) is 5.68. The third-order valence-electron chi connectivity index (χ3n) is 2.83. The molecule has 1 heterocycles. The Morgan fingerprint density at radius 1 is 1.26 bits per heavy atom. The van der Waals surface area contributed by atoms with E-state index in [4.69, 9.17) is 0 Å². The van der Waals surface area contributed by atoms with Crippen LogP contribution in [-0.4, -0.2) is 27.7 Å². The largest absolute Gasteiger partial charge is 0.623 e. The number of pyridine rings is 1. The first kappa shape index (κ1) is 13.9. The zero-order chi connectivity index (χ0) is 14.0. The van der Waals surface area contributed by atoms with E-state index in [1.807, 2.05) is 57.4 Å². The highest BCUT2D eigenvalue weighted by molar-refractivity contribution is 7.98. The summed E-state index contributed by atoms with van der Waals surface area (Å²) in [4.78, 5) is 4.59. The molecule has 0 N–H and O–H groups in total. The van der Waals surface area contributed by atoms with Crippen molar-refractivity contribution in [1.29, 1.82) is 0 Å². The molecular weight excluding hydrogens is 256 g/mol. The summed E-state index contributed by atoms with van der Waals surface area (Å²) >= 11 is 1.55. The zero-order valence-electron chi connectivity index (χ0n) is 11.7. The molecule has 0 radical (unpaired) electrons. The van der Waals surface area contributed by atoms with Crippen LogP contribution in [0, 0.1) is 5.21 Å². The minimum absolute atomic E-state index is 0.443. The van der Waals surface area contributed by atoms with Gasteiger partial charge in [0.2, 0.25) is 0 Å². The van der Waals surface area contributed by atoms with E-state index in [1.54, 1.807) is 18.0 Å². The number of aromatic nitrogens is 1. The molecule has 0 saturated carbocycles. The Hall–Kier alpha value is -1.55. The highest BCUT2D eigenvalue weighted by atomic mass is 32.2. The van der Waals surface area contributed by atoms with E-state index in [9.17, 15) is 5.21 Å². The van der Waals surface area contributed by atoms with Gasteiger partial charge in [-0.2, -0.15) is 0 Å². The smallest absolute Gasteiger partial charge is 0.185 e. The van der Waals surface area contributed by atoms with Gasteiger partial charge in [0.25, 0.3) is 0 Å². The molecule has 0 amide bonds. The average Bonchev–Trinajstić information content (AvgIpc) is 2.36. The van der Waals surface area contributed by atoms with Gasteiger partial charge >= 0.3 is 0 Å². The van der Waals surface area contributed by atoms with Crippen LogP contribution in [0.2, 0.25) is 0 Å². The van der Waals surface area contributed by atoms with Crippen LogP contribution in [0.25, 0.3) is 10.9 Å². The molecule has 1 aromatic heterocycles. The summed E-state index contributed by atoms with van der Waals surface area (Å²) in [5.74, 6) is 0. The SMILES string of the molecule is CSc1nc2ccccc2cc1C=[N+]([O-])C(C)(C)C. The minimum atomic E-state index is -0.443. The van der Waals surface area contributed by atoms with Crippen molar-refractivity contribution >= 4 is 28.9 Å². The summed E-state index contributed by atoms with van der Waals surface area (Å²) in [5.41, 5.74) is 1.38. The molecule has 0 aliphatic heterocycles. The van der Waals surface area contributed by atoms with Gasteiger partial charge in [0.15, 0.2) is 11.8 Å². The fourth-order valence-corrected chi connectivity index (χ4v) is 2.23. The maximum Gasteiger partial charge on any atom is 0.185 e. The molecule has 1 aromatic carbocycles. The Morgan fingerprint density at radius 2 is 1.95 bits per heavy atom. The van der Waals surface area contributed by atoms with Crippen molar-refractivity contribution in [2.45, 2.75) is 31.3 Å². The Bertz CT molecular complexity index is 630. The number of para-hydroxylation sites is 1. The van der Waals surface area contributed by atoms with Crippen molar-refractivity contribution in [3.63, 3.8) is 0 Å². The number of fused-ring (bicyclic) bond motifs is 1. The highest BCUT2D eigenvalue weighted by Crippen LogP contribution is 2.22. The fourth-order valence-electron chi connectivity index (χ4n) is 1.69. The molecule has 4 heteroatoms. The third kappa shape index (κ3) is 3.07. The molecule has 3 nitrogen and oxygen atoms in total. The number of hydrogen-bond acceptors (Lipinski definition) is 3. The first-order valence-electron chi connectivity index (χ1n) is 6.17. The second kappa shape index (κ2) is 5.21. The van der Waals surface area contributed by atoms with Gasteiger partial charge < -0.3 is 5.21 Å². The van der Waals surface area contributed by atoms with E-state index in [1.165, 1.54) is 0 Å². The second-order valence-electron chi connectivity index (χ2n) is 5.41. The number of hydrogen-bond donors (Lipinski definition) is 0. The lowest BCUT2D eigenvalue weighted by Gasteiger charge is -2.19. The van der Waals surface area contributed by atoms with Crippen molar-refractivity contribution in [2.24, 2.45) is 0 Å². The van der Waals surface area contributed by atoms with E-state index in [0.29, 0.717) is 0 Å². The summed E-state index contributed by atoms with van der Waals surface area (Å²) in [5, 5.41) is 14.0. The molecule has 0 aliphatic rings. The standard InChI is InChI=1S/C15H18N2OS/c1-15(2,3)17(18)10-12-9-11-7-5-6-8-13(11)16-14(12)19-4/h5-10H,1-4H3. The minimum Gasteiger partial charge on any atom is -0.623 e. The summed E-state index contributed by atoms with van der Waals surface area (Å²) in [7, 11) is 0. The third-order valence-corrected chi connectivity index (χ3v) is 3.54. The van der Waals surface area contributed by atoms with Gasteiger partial charge in [-0.1, -0.05) is 18.2 Å². The Morgan fingerprint density at radius 3 is 2.58 bits per heavy atom. The number of thioether (sulfide) groups is 1. The Balaban J connectivity index is 2.59. The molecule has 0 aliphatic carbocycles. The van der Waals surface area contributed by atoms with Gasteiger partial charge in [-0.05, 0) is 18.4 Å². The van der Waals surface area contributed by atoms with Gasteiger partial charge in [0.05, 0.1) is 11.1 Å². The maximum atomic E-state index is 12.1. The number of hydroxylamine groups is 1. The van der Waals surface area contributed by atoms with E-state index < -0.39 is 5.54 Å². The highest BCUT2D eigenvalue weighted by Gasteiger charge is 2.19. The Kier molecular flexibility index (Phi) is 3.80. The average molecular weight is 274 g/mol. The van der Waals surface area contributed by atoms with Crippen molar-refractivity contribution in [1.82, 2.24) is 4.98 Å². The van der Waals surface area contributed by atoms with Crippen LogP contribution in [0.3, 0.4) is 0 Å². The van der Waals surface area contributed by atoms with E-state index in [0.717, 1.165) is 26.2 Å². The number of benzene rings is 1. The maximum absolute atomic E-state index is 12.1. The van der Waals surface area contributed by atoms with Crippen LogP contribution in [0.5, 0.6) is 0 Å². The Labute approximate surface area is 117 Å². The van der Waals surface area contributed by atoms with Crippen molar-refractivity contribution < 1.29 is 4.74 Å². The first-order valence-corrected chi connectivity index (χ1v) is 7.39. The van der Waals surface area contributed by atoms with Crippen molar-refractivity contribution in [3.05, 3.63) is 41.1 Å². The molecule has 0 saturated heterocycles. The van der Waals surface area contributed by atoms with E-state index in [2.05, 4.69) is 4.98 Å². The van der Waals surface area contributed by atoms with E-state index in [-0.39, 0.29) is 0 Å². The van der Waals surface area contributed by atoms with Gasteiger partial charge in [-0.3, -0.25) is 0 Å². The van der Waals surface area contributed by atoms with Crippen LogP contribution in [0.4, 0.5) is 0 Å². The second-order valence-corrected chi connectivity index (χ2v) is 6.20. The molecule has 0 fully saturated rings. The summed E-state index contributed by atoms with van der Waals surface area (Å²) in [6.07, 6.45) is 3.60. The topological polar surface area (TPSA) is 39.0 Å². The lowest BCUT2D eigenvalue weighted by molar-refractivity contribution is -0.530. The summed E-state index contributed by atoms with van der Waals surface area (Å²) < 4.78 is 0.985. The van der Waals surface area contributed by atoms with E-state index >= 15 is 0 Å². The normalized spacial score (nSPS) is 12.9. The number of nitrogens with zero attached hydrogens (tertiary/aromatic N) is 2. The first-order chi connectivity index (χ1) is 8.91. The van der Waals surface area contributed by atoms with Crippen molar-refractivity contribution in [3.8, 4) is 0 Å². The molecule has 0 bridgehead atoms. The molecule has 0 unspecified atom stereocenters. The molecule has 100 valence electrons. The van der Waals surface area contributed by atoms with Gasteiger partial charge in [-0.25, -0.2) is 9.72 Å². The molecule has 19 heavy (non-hydrogen) atoms. The van der Waals surface area contributed by atoms with Crippen LogP contribution in [-0.2, 0) is 0 Å². The predicted molar refractivity (Wildman–Crippen MR) is 82.1 cm³/mol. The van der Waals surface area contributed by atoms with Gasteiger partial charge in [-0.15, -0.1) is 11.8 Å². The fraction of sp³-hybridized carbons (Fsp3) is 0.333. The van der Waals surface area contributed by atoms with Crippen molar-refractivity contribution in [2.75, 3.05) is 6.26 Å². The monoisotopic (exact) mass is 274 g/mol. The van der Waals surface area contributed by atoms with Crippen LogP contribution >= 0.6 is 11.8 Å².